The van der Waals surface area contributed by atoms with Crippen LogP contribution in [-0.2, 0) is 0 Å². The number of allylic oxidation sites excluding steroid dienone is 2. The SMILES string of the molecule is CC1C=C(Cl)CC(Cl)CCC1. The van der Waals surface area contributed by atoms with Crippen LogP contribution in [0.1, 0.15) is 32.6 Å². The molecule has 64 valence electrons. The maximum atomic E-state index is 6.01. The summed E-state index contributed by atoms with van der Waals surface area (Å²) in [6.45, 7) is 2.21. The lowest BCUT2D eigenvalue weighted by Crippen LogP contribution is -2.04. The van der Waals surface area contributed by atoms with Crippen molar-refractivity contribution in [3.63, 3.8) is 0 Å². The van der Waals surface area contributed by atoms with Gasteiger partial charge >= 0.3 is 0 Å². The second-order valence-corrected chi connectivity index (χ2v) is 4.43. The highest BCUT2D eigenvalue weighted by Gasteiger charge is 2.11. The van der Waals surface area contributed by atoms with Gasteiger partial charge in [-0.3, -0.25) is 0 Å². The van der Waals surface area contributed by atoms with Crippen molar-refractivity contribution in [2.24, 2.45) is 5.92 Å². The van der Waals surface area contributed by atoms with E-state index in [-0.39, 0.29) is 5.38 Å². The number of alkyl halides is 1. The molecule has 0 N–H and O–H groups in total. The van der Waals surface area contributed by atoms with E-state index in [2.05, 4.69) is 13.0 Å². The second-order valence-electron chi connectivity index (χ2n) is 3.32. The topological polar surface area (TPSA) is 0 Å². The molecule has 0 saturated heterocycles. The van der Waals surface area contributed by atoms with E-state index in [1.165, 1.54) is 12.8 Å². The molecule has 0 nitrogen and oxygen atoms in total. The molecular formula is C9H14Cl2. The van der Waals surface area contributed by atoms with Gasteiger partial charge in [0, 0.05) is 10.4 Å². The first-order chi connectivity index (χ1) is 5.18. The molecule has 0 radical (unpaired) electrons. The van der Waals surface area contributed by atoms with Crippen LogP contribution in [0.2, 0.25) is 0 Å². The van der Waals surface area contributed by atoms with E-state index >= 15 is 0 Å². The summed E-state index contributed by atoms with van der Waals surface area (Å²) in [6.07, 6.45) is 6.55. The highest BCUT2D eigenvalue weighted by atomic mass is 35.5. The molecule has 2 atom stereocenters. The van der Waals surface area contributed by atoms with E-state index in [9.17, 15) is 0 Å². The summed E-state index contributed by atoms with van der Waals surface area (Å²) in [4.78, 5) is 0. The number of hydrogen-bond acceptors (Lipinski definition) is 0. The van der Waals surface area contributed by atoms with Crippen LogP contribution in [0, 0.1) is 5.92 Å². The molecule has 0 fully saturated rings. The summed E-state index contributed by atoms with van der Waals surface area (Å²) in [5, 5.41) is 1.20. The van der Waals surface area contributed by atoms with Crippen molar-refractivity contribution in [2.75, 3.05) is 0 Å². The Labute approximate surface area is 78.6 Å². The third kappa shape index (κ3) is 3.48. The Morgan fingerprint density at radius 2 is 2.18 bits per heavy atom. The zero-order valence-corrected chi connectivity index (χ0v) is 8.33. The Bertz CT molecular complexity index is 152. The fourth-order valence-electron chi connectivity index (χ4n) is 1.44. The van der Waals surface area contributed by atoms with Crippen molar-refractivity contribution in [1.82, 2.24) is 0 Å². The normalized spacial score (nSPS) is 33.9. The molecule has 0 amide bonds. The van der Waals surface area contributed by atoms with Gasteiger partial charge in [0.05, 0.1) is 0 Å². The van der Waals surface area contributed by atoms with Crippen LogP contribution in [0.4, 0.5) is 0 Å². The van der Waals surface area contributed by atoms with Gasteiger partial charge in [0.2, 0.25) is 0 Å². The summed E-state index contributed by atoms with van der Waals surface area (Å²) in [6, 6.07) is 0. The molecule has 1 aliphatic carbocycles. The van der Waals surface area contributed by atoms with Gasteiger partial charge in [0.1, 0.15) is 0 Å². The first-order valence-electron chi connectivity index (χ1n) is 4.18. The molecule has 0 heterocycles. The van der Waals surface area contributed by atoms with Crippen LogP contribution >= 0.6 is 23.2 Å². The van der Waals surface area contributed by atoms with Crippen LogP contribution in [0.3, 0.4) is 0 Å². The van der Waals surface area contributed by atoms with Crippen molar-refractivity contribution in [1.29, 1.82) is 0 Å². The maximum Gasteiger partial charge on any atom is 0.0384 e. The number of rotatable bonds is 0. The monoisotopic (exact) mass is 192 g/mol. The van der Waals surface area contributed by atoms with Crippen LogP contribution in [0.15, 0.2) is 11.1 Å². The van der Waals surface area contributed by atoms with E-state index in [4.69, 9.17) is 23.2 Å². The molecule has 0 aromatic carbocycles. The van der Waals surface area contributed by atoms with Crippen LogP contribution in [0.25, 0.3) is 0 Å². The molecule has 2 heteroatoms. The zero-order valence-electron chi connectivity index (χ0n) is 6.82. The van der Waals surface area contributed by atoms with Gasteiger partial charge in [-0.05, 0) is 25.2 Å². The van der Waals surface area contributed by atoms with Gasteiger partial charge in [-0.1, -0.05) is 31.0 Å². The Morgan fingerprint density at radius 1 is 1.45 bits per heavy atom. The second kappa shape index (κ2) is 4.37. The molecule has 2 unspecified atom stereocenters. The fourth-order valence-corrected chi connectivity index (χ4v) is 2.24. The highest BCUT2D eigenvalue weighted by molar-refractivity contribution is 6.30. The third-order valence-electron chi connectivity index (χ3n) is 2.06. The van der Waals surface area contributed by atoms with E-state index in [0.29, 0.717) is 5.92 Å². The predicted molar refractivity (Wildman–Crippen MR) is 51.2 cm³/mol. The molecule has 0 bridgehead atoms. The quantitative estimate of drug-likeness (QED) is 0.511. The fraction of sp³-hybridized carbons (Fsp3) is 0.778. The summed E-state index contributed by atoms with van der Waals surface area (Å²) < 4.78 is 0. The lowest BCUT2D eigenvalue weighted by molar-refractivity contribution is 0.552. The molecule has 0 aliphatic heterocycles. The average molecular weight is 193 g/mol. The molecule has 0 spiro atoms. The summed E-state index contributed by atoms with van der Waals surface area (Å²) in [5.74, 6) is 0.631. The summed E-state index contributed by atoms with van der Waals surface area (Å²) in [5.41, 5.74) is 0. The first kappa shape index (κ1) is 9.41. The number of halogens is 2. The minimum Gasteiger partial charge on any atom is -0.123 e. The van der Waals surface area contributed by atoms with Crippen molar-refractivity contribution in [2.45, 2.75) is 38.0 Å². The molecule has 0 saturated carbocycles. The van der Waals surface area contributed by atoms with Crippen LogP contribution in [0.5, 0.6) is 0 Å². The van der Waals surface area contributed by atoms with Gasteiger partial charge in [-0.2, -0.15) is 0 Å². The van der Waals surface area contributed by atoms with Crippen LogP contribution in [-0.4, -0.2) is 5.38 Å². The first-order valence-corrected chi connectivity index (χ1v) is 5.00. The van der Waals surface area contributed by atoms with Crippen LogP contribution < -0.4 is 0 Å². The number of hydrogen-bond donors (Lipinski definition) is 0. The molecular weight excluding hydrogens is 179 g/mol. The Morgan fingerprint density at radius 3 is 2.91 bits per heavy atom. The third-order valence-corrected chi connectivity index (χ3v) is 2.71. The van der Waals surface area contributed by atoms with Gasteiger partial charge < -0.3 is 0 Å². The summed E-state index contributed by atoms with van der Waals surface area (Å²) >= 11 is 12.0. The van der Waals surface area contributed by atoms with Gasteiger partial charge in [0.15, 0.2) is 0 Å². The smallest absolute Gasteiger partial charge is 0.0384 e. The average Bonchev–Trinajstić information content (AvgIpc) is 1.83. The highest BCUT2D eigenvalue weighted by Crippen LogP contribution is 2.26. The Kier molecular flexibility index (Phi) is 3.74. The molecule has 0 aromatic rings. The maximum absolute atomic E-state index is 6.01. The minimum absolute atomic E-state index is 0.256. The van der Waals surface area contributed by atoms with Gasteiger partial charge in [0.25, 0.3) is 0 Å². The Balaban J connectivity index is 2.54. The van der Waals surface area contributed by atoms with E-state index in [1.807, 2.05) is 0 Å². The lowest BCUT2D eigenvalue weighted by Gasteiger charge is -2.15. The van der Waals surface area contributed by atoms with E-state index in [0.717, 1.165) is 17.9 Å². The van der Waals surface area contributed by atoms with Gasteiger partial charge in [-0.25, -0.2) is 0 Å². The van der Waals surface area contributed by atoms with Gasteiger partial charge in [-0.15, -0.1) is 11.6 Å². The van der Waals surface area contributed by atoms with Crippen molar-refractivity contribution < 1.29 is 0 Å². The van der Waals surface area contributed by atoms with Crippen molar-refractivity contribution >= 4 is 23.2 Å². The predicted octanol–water partition coefficient (Wildman–Crippen LogP) is 3.93. The standard InChI is InChI=1S/C9H14Cl2/c1-7-3-2-4-8(10)6-9(11)5-7/h5,7-8H,2-4,6H2,1H3. The Hall–Kier alpha value is 0.320. The van der Waals surface area contributed by atoms with E-state index < -0.39 is 0 Å². The minimum atomic E-state index is 0.256. The summed E-state index contributed by atoms with van der Waals surface area (Å²) in [7, 11) is 0. The molecule has 11 heavy (non-hydrogen) atoms. The largest absolute Gasteiger partial charge is 0.123 e. The van der Waals surface area contributed by atoms with E-state index in [1.54, 1.807) is 0 Å². The van der Waals surface area contributed by atoms with Crippen molar-refractivity contribution in [3.05, 3.63) is 11.1 Å². The van der Waals surface area contributed by atoms with Crippen molar-refractivity contribution in [3.8, 4) is 0 Å². The zero-order chi connectivity index (χ0) is 8.27. The molecule has 1 rings (SSSR count). The molecule has 0 aromatic heterocycles. The molecule has 1 aliphatic rings. The lowest BCUT2D eigenvalue weighted by atomic mass is 9.98.